The van der Waals surface area contributed by atoms with Crippen LogP contribution in [0.5, 0.6) is 0 Å². The molecule has 0 aliphatic rings. The lowest BCUT2D eigenvalue weighted by Crippen LogP contribution is -2.54. The lowest BCUT2D eigenvalue weighted by molar-refractivity contribution is -0.128. The first-order chi connectivity index (χ1) is 21.9. The summed E-state index contributed by atoms with van der Waals surface area (Å²) in [6.45, 7) is 5.69. The van der Waals surface area contributed by atoms with Crippen LogP contribution in [-0.4, -0.2) is 63.2 Å². The molecule has 0 spiro atoms. The molecule has 0 bridgehead atoms. The number of amides is 4. The quantitative estimate of drug-likeness (QED) is 0.139. The van der Waals surface area contributed by atoms with Gasteiger partial charge in [-0.2, -0.15) is 0 Å². The number of aromatic nitrogens is 1. The molecule has 6 N–H and O–H groups in total. The molecule has 240 valence electrons. The van der Waals surface area contributed by atoms with Crippen molar-refractivity contribution in [1.82, 2.24) is 20.9 Å². The molecule has 1 heterocycles. The third-order valence-electron chi connectivity index (χ3n) is 6.98. The van der Waals surface area contributed by atoms with Crippen molar-refractivity contribution >= 4 is 46.3 Å². The van der Waals surface area contributed by atoms with Crippen LogP contribution in [0.2, 0.25) is 0 Å². The van der Waals surface area contributed by atoms with Gasteiger partial charge < -0.3 is 26.8 Å². The number of aliphatic hydroxyl groups is 1. The monoisotopic (exact) mass is 641 g/mol. The summed E-state index contributed by atoms with van der Waals surface area (Å²) in [7, 11) is 0. The average molecular weight is 642 g/mol. The zero-order chi connectivity index (χ0) is 33.3. The van der Waals surface area contributed by atoms with Crippen molar-refractivity contribution in [3.63, 3.8) is 0 Å². The van der Waals surface area contributed by atoms with E-state index in [4.69, 9.17) is 5.73 Å². The Bertz CT molecular complexity index is 1690. The predicted molar refractivity (Wildman–Crippen MR) is 179 cm³/mol. The van der Waals surface area contributed by atoms with Crippen molar-refractivity contribution in [1.29, 1.82) is 0 Å². The number of benzene rings is 3. The van der Waals surface area contributed by atoms with E-state index in [0.29, 0.717) is 16.0 Å². The van der Waals surface area contributed by atoms with Gasteiger partial charge in [0.15, 0.2) is 0 Å². The Kier molecular flexibility index (Phi) is 11.5. The molecule has 46 heavy (non-hydrogen) atoms. The Morgan fingerprint density at radius 3 is 2.24 bits per heavy atom. The summed E-state index contributed by atoms with van der Waals surface area (Å²) in [4.78, 5) is 56.7. The highest BCUT2D eigenvalue weighted by molar-refractivity contribution is 7.99. The van der Waals surface area contributed by atoms with E-state index in [1.165, 1.54) is 17.8 Å². The zero-order valence-electron chi connectivity index (χ0n) is 26.0. The maximum Gasteiger partial charge on any atom is 0.270 e. The summed E-state index contributed by atoms with van der Waals surface area (Å²) in [5.41, 5.74) is 7.04. The van der Waals surface area contributed by atoms with Crippen LogP contribution in [0.4, 0.5) is 0 Å². The molecular weight excluding hydrogens is 602 g/mol. The summed E-state index contributed by atoms with van der Waals surface area (Å²) in [5, 5.41) is 20.6. The highest BCUT2D eigenvalue weighted by Gasteiger charge is 2.29. The van der Waals surface area contributed by atoms with Crippen LogP contribution in [-0.2, 0) is 16.0 Å². The fraction of sp³-hybridized carbons (Fsp3) is 0.286. The molecule has 4 aromatic rings. The number of primary amides is 1. The minimum Gasteiger partial charge on any atom is -0.390 e. The molecule has 0 saturated carbocycles. The van der Waals surface area contributed by atoms with Crippen molar-refractivity contribution in [2.24, 2.45) is 5.73 Å². The molecule has 0 aliphatic heterocycles. The number of nitrogens with one attached hydrogen (secondary N) is 3. The van der Waals surface area contributed by atoms with Gasteiger partial charge in [0.1, 0.15) is 11.7 Å². The molecule has 3 aromatic carbocycles. The number of carbonyl (C=O) groups is 4. The van der Waals surface area contributed by atoms with Gasteiger partial charge in [0.05, 0.1) is 29.6 Å². The van der Waals surface area contributed by atoms with Gasteiger partial charge in [0, 0.05) is 21.6 Å². The van der Waals surface area contributed by atoms with E-state index in [2.05, 4.69) is 20.9 Å². The Balaban J connectivity index is 1.51. The molecule has 1 aromatic heterocycles. The van der Waals surface area contributed by atoms with Gasteiger partial charge in [-0.25, -0.2) is 4.98 Å². The van der Waals surface area contributed by atoms with E-state index >= 15 is 0 Å². The van der Waals surface area contributed by atoms with Crippen LogP contribution < -0.4 is 21.7 Å². The highest BCUT2D eigenvalue weighted by Crippen LogP contribution is 2.25. The summed E-state index contributed by atoms with van der Waals surface area (Å²) < 4.78 is 0. The third kappa shape index (κ3) is 9.88. The highest BCUT2D eigenvalue weighted by atomic mass is 32.2. The molecule has 0 radical (unpaired) electrons. The zero-order valence-corrected chi connectivity index (χ0v) is 26.8. The van der Waals surface area contributed by atoms with Gasteiger partial charge in [0.2, 0.25) is 11.8 Å². The topological polar surface area (TPSA) is 164 Å². The first-order valence-electron chi connectivity index (χ1n) is 14.9. The van der Waals surface area contributed by atoms with Gasteiger partial charge >= 0.3 is 0 Å². The number of hydrogen-bond acceptors (Lipinski definition) is 7. The molecule has 3 atom stereocenters. The molecule has 10 nitrogen and oxygen atoms in total. The van der Waals surface area contributed by atoms with Crippen molar-refractivity contribution in [2.75, 3.05) is 5.75 Å². The smallest absolute Gasteiger partial charge is 0.270 e. The van der Waals surface area contributed by atoms with Crippen LogP contribution in [0, 0.1) is 0 Å². The van der Waals surface area contributed by atoms with Crippen molar-refractivity contribution in [3.8, 4) is 0 Å². The van der Waals surface area contributed by atoms with Gasteiger partial charge in [-0.1, -0.05) is 66.7 Å². The van der Waals surface area contributed by atoms with Crippen LogP contribution >= 0.6 is 11.8 Å². The van der Waals surface area contributed by atoms with E-state index in [1.807, 2.05) is 69.3 Å². The maximum absolute atomic E-state index is 13.6. The van der Waals surface area contributed by atoms with Gasteiger partial charge in [-0.3, -0.25) is 19.2 Å². The van der Waals surface area contributed by atoms with Crippen molar-refractivity contribution < 1.29 is 24.3 Å². The van der Waals surface area contributed by atoms with E-state index in [1.54, 1.807) is 36.4 Å². The number of hydrogen-bond donors (Lipinski definition) is 5. The second-order valence-corrected chi connectivity index (χ2v) is 13.0. The SMILES string of the molecule is CC(C)(C)NC(=O)c1ccccc1SC[C@@H](O)[C@H](Cc1ccccc1)NC(=O)[C@H](CC(N)=O)NC(=O)c1ccc2ccccc2n1. The minimum absolute atomic E-state index is 0.0763. The Labute approximate surface area is 272 Å². The van der Waals surface area contributed by atoms with Crippen LogP contribution in [0.15, 0.2) is 95.9 Å². The van der Waals surface area contributed by atoms with E-state index in [9.17, 15) is 24.3 Å². The summed E-state index contributed by atoms with van der Waals surface area (Å²) in [6, 6.07) is 24.9. The largest absolute Gasteiger partial charge is 0.390 e. The molecule has 0 unspecified atom stereocenters. The number of nitrogens with two attached hydrogens (primary N) is 1. The average Bonchev–Trinajstić information content (AvgIpc) is 3.02. The predicted octanol–water partition coefficient (Wildman–Crippen LogP) is 3.62. The Morgan fingerprint density at radius 1 is 0.848 bits per heavy atom. The second-order valence-electron chi connectivity index (χ2n) is 12.0. The van der Waals surface area contributed by atoms with Gasteiger partial charge in [-0.15, -0.1) is 11.8 Å². The fourth-order valence-corrected chi connectivity index (χ4v) is 5.82. The van der Waals surface area contributed by atoms with E-state index in [-0.39, 0.29) is 23.8 Å². The fourth-order valence-electron chi connectivity index (χ4n) is 4.75. The number of pyridine rings is 1. The van der Waals surface area contributed by atoms with Crippen molar-refractivity contribution in [3.05, 3.63) is 108 Å². The number of aliphatic hydroxyl groups excluding tert-OH is 1. The maximum atomic E-state index is 13.6. The summed E-state index contributed by atoms with van der Waals surface area (Å²) in [5.74, 6) is -2.19. The van der Waals surface area contributed by atoms with E-state index in [0.717, 1.165) is 10.9 Å². The summed E-state index contributed by atoms with van der Waals surface area (Å²) >= 11 is 1.29. The first-order valence-corrected chi connectivity index (χ1v) is 15.9. The molecule has 4 amide bonds. The van der Waals surface area contributed by atoms with Crippen LogP contribution in [0.3, 0.4) is 0 Å². The van der Waals surface area contributed by atoms with Gasteiger partial charge in [0.25, 0.3) is 11.8 Å². The second kappa shape index (κ2) is 15.5. The molecular formula is C35H39N5O5S. The molecule has 4 rings (SSSR count). The normalized spacial score (nSPS) is 13.3. The number of carbonyl (C=O) groups excluding carboxylic acids is 4. The van der Waals surface area contributed by atoms with Crippen LogP contribution in [0.25, 0.3) is 10.9 Å². The lowest BCUT2D eigenvalue weighted by Gasteiger charge is -2.27. The van der Waals surface area contributed by atoms with Crippen molar-refractivity contribution in [2.45, 2.75) is 62.2 Å². The third-order valence-corrected chi connectivity index (χ3v) is 8.15. The first kappa shape index (κ1) is 34.1. The number of fused-ring (bicyclic) bond motifs is 1. The number of para-hydroxylation sites is 1. The number of nitrogens with zero attached hydrogens (tertiary/aromatic N) is 1. The molecule has 0 saturated heterocycles. The van der Waals surface area contributed by atoms with Crippen LogP contribution in [0.1, 0.15) is 53.6 Å². The Morgan fingerprint density at radius 2 is 1.52 bits per heavy atom. The Hall–Kier alpha value is -4.74. The molecule has 0 fully saturated rings. The standard InChI is InChI=1S/C35H39N5O5S/c1-35(2,3)40-32(43)24-14-8-10-16-30(24)46-21-29(41)27(19-22-11-5-4-6-12-22)38-34(45)28(20-31(36)42)39-33(44)26-18-17-23-13-7-9-15-25(23)37-26/h4-18,27-29,41H,19-21H2,1-3H3,(H2,36,42)(H,38,45)(H,39,44)(H,40,43)/t27-,28-,29+/m0/s1. The van der Waals surface area contributed by atoms with Gasteiger partial charge in [-0.05, 0) is 57.0 Å². The minimum atomic E-state index is -1.31. The molecule has 0 aliphatic carbocycles. The number of thioether (sulfide) groups is 1. The lowest BCUT2D eigenvalue weighted by atomic mass is 10.0. The summed E-state index contributed by atoms with van der Waals surface area (Å²) in [6.07, 6.45) is -1.26. The number of rotatable bonds is 13. The molecule has 11 heteroatoms. The van der Waals surface area contributed by atoms with E-state index < -0.39 is 47.9 Å².